The van der Waals surface area contributed by atoms with Crippen LogP contribution in [0.3, 0.4) is 0 Å². The van der Waals surface area contributed by atoms with Gasteiger partial charge in [0.1, 0.15) is 0 Å². The van der Waals surface area contributed by atoms with E-state index in [1.807, 2.05) is 29.8 Å². The highest BCUT2D eigenvalue weighted by Crippen LogP contribution is 2.28. The molecule has 0 radical (unpaired) electrons. The van der Waals surface area contributed by atoms with Gasteiger partial charge in [0.25, 0.3) is 0 Å². The number of fused-ring (bicyclic) bond motifs is 1. The third kappa shape index (κ3) is 1.78. The Morgan fingerprint density at radius 3 is 3.06 bits per heavy atom. The van der Waals surface area contributed by atoms with E-state index in [0.29, 0.717) is 0 Å². The Balaban J connectivity index is 2.11. The minimum Gasteiger partial charge on any atom is -0.399 e. The molecule has 2 heterocycles. The van der Waals surface area contributed by atoms with E-state index in [1.54, 1.807) is 0 Å². The van der Waals surface area contributed by atoms with Gasteiger partial charge >= 0.3 is 0 Å². The Morgan fingerprint density at radius 1 is 1.41 bits per heavy atom. The number of hydrogen-bond acceptors (Lipinski definition) is 3. The van der Waals surface area contributed by atoms with Crippen molar-refractivity contribution < 1.29 is 4.74 Å². The van der Waals surface area contributed by atoms with Crippen molar-refractivity contribution in [1.82, 2.24) is 9.78 Å². The summed E-state index contributed by atoms with van der Waals surface area (Å²) in [5.41, 5.74) is 8.74. The smallest absolute Gasteiger partial charge is 0.150 e. The second kappa shape index (κ2) is 4.04. The molecule has 1 fully saturated rings. The summed E-state index contributed by atoms with van der Waals surface area (Å²) < 4.78 is 7.77. The van der Waals surface area contributed by atoms with E-state index in [0.717, 1.165) is 41.7 Å². The zero-order valence-electron chi connectivity index (χ0n) is 10.0. The Morgan fingerprint density at radius 2 is 2.29 bits per heavy atom. The summed E-state index contributed by atoms with van der Waals surface area (Å²) in [6, 6.07) is 5.93. The maximum atomic E-state index is 5.85. The van der Waals surface area contributed by atoms with Crippen molar-refractivity contribution in [2.75, 3.05) is 12.3 Å². The van der Waals surface area contributed by atoms with Crippen LogP contribution in [0.1, 0.15) is 31.2 Å². The maximum absolute atomic E-state index is 5.85. The van der Waals surface area contributed by atoms with Crippen LogP contribution in [0.2, 0.25) is 0 Å². The summed E-state index contributed by atoms with van der Waals surface area (Å²) in [5, 5.41) is 5.75. The van der Waals surface area contributed by atoms with Crippen molar-refractivity contribution in [2.24, 2.45) is 0 Å². The third-order valence-corrected chi connectivity index (χ3v) is 3.34. The molecule has 1 aliphatic rings. The predicted molar refractivity (Wildman–Crippen MR) is 67.7 cm³/mol. The van der Waals surface area contributed by atoms with Crippen LogP contribution in [0.25, 0.3) is 10.9 Å². The van der Waals surface area contributed by atoms with Gasteiger partial charge in [-0.3, -0.25) is 0 Å². The lowest BCUT2D eigenvalue weighted by Crippen LogP contribution is -2.19. The Kier molecular flexibility index (Phi) is 2.52. The monoisotopic (exact) mass is 231 g/mol. The Bertz CT molecular complexity index is 541. The lowest BCUT2D eigenvalue weighted by Gasteiger charge is -2.23. The van der Waals surface area contributed by atoms with Crippen molar-refractivity contribution >= 4 is 16.6 Å². The molecular formula is C13H17N3O. The molecule has 4 nitrogen and oxygen atoms in total. The van der Waals surface area contributed by atoms with Crippen LogP contribution in [-0.2, 0) is 4.74 Å². The third-order valence-electron chi connectivity index (χ3n) is 3.34. The molecule has 0 unspecified atom stereocenters. The maximum Gasteiger partial charge on any atom is 0.150 e. The Labute approximate surface area is 100 Å². The molecule has 0 saturated carbocycles. The SMILES string of the molecule is Cc1nn([C@H]2CCCCO2)c2cc(N)ccc12. The van der Waals surface area contributed by atoms with Gasteiger partial charge in [0, 0.05) is 17.7 Å². The highest BCUT2D eigenvalue weighted by Gasteiger charge is 2.19. The topological polar surface area (TPSA) is 53.1 Å². The van der Waals surface area contributed by atoms with E-state index in [-0.39, 0.29) is 6.23 Å². The lowest BCUT2D eigenvalue weighted by molar-refractivity contribution is -0.0368. The van der Waals surface area contributed by atoms with Crippen LogP contribution in [0, 0.1) is 6.92 Å². The number of ether oxygens (including phenoxy) is 1. The molecule has 0 aliphatic carbocycles. The van der Waals surface area contributed by atoms with Crippen LogP contribution in [0.15, 0.2) is 18.2 Å². The Hall–Kier alpha value is -1.55. The van der Waals surface area contributed by atoms with E-state index in [1.165, 1.54) is 6.42 Å². The largest absolute Gasteiger partial charge is 0.399 e. The second-order valence-corrected chi connectivity index (χ2v) is 4.63. The fraction of sp³-hybridized carbons (Fsp3) is 0.462. The molecule has 4 heteroatoms. The van der Waals surface area contributed by atoms with E-state index in [9.17, 15) is 0 Å². The molecule has 2 aromatic rings. The summed E-state index contributed by atoms with van der Waals surface area (Å²) in [6.45, 7) is 2.85. The fourth-order valence-electron chi connectivity index (χ4n) is 2.45. The first-order chi connectivity index (χ1) is 8.25. The van der Waals surface area contributed by atoms with Crippen molar-refractivity contribution in [3.05, 3.63) is 23.9 Å². The minimum absolute atomic E-state index is 0.0711. The fourth-order valence-corrected chi connectivity index (χ4v) is 2.45. The van der Waals surface area contributed by atoms with Crippen molar-refractivity contribution in [2.45, 2.75) is 32.4 Å². The van der Waals surface area contributed by atoms with Crippen molar-refractivity contribution in [3.8, 4) is 0 Å². The number of rotatable bonds is 1. The van der Waals surface area contributed by atoms with E-state index >= 15 is 0 Å². The molecule has 3 rings (SSSR count). The zero-order chi connectivity index (χ0) is 11.8. The number of aryl methyl sites for hydroxylation is 1. The van der Waals surface area contributed by atoms with E-state index in [2.05, 4.69) is 5.10 Å². The summed E-state index contributed by atoms with van der Waals surface area (Å²) in [4.78, 5) is 0. The van der Waals surface area contributed by atoms with Crippen LogP contribution in [0.5, 0.6) is 0 Å². The number of nitrogens with two attached hydrogens (primary N) is 1. The van der Waals surface area contributed by atoms with Gasteiger partial charge in [0.15, 0.2) is 6.23 Å². The minimum atomic E-state index is 0.0711. The van der Waals surface area contributed by atoms with Crippen LogP contribution in [-0.4, -0.2) is 16.4 Å². The van der Waals surface area contributed by atoms with E-state index in [4.69, 9.17) is 10.5 Å². The van der Waals surface area contributed by atoms with Gasteiger partial charge in [-0.25, -0.2) is 4.68 Å². The first kappa shape index (κ1) is 10.6. The molecule has 0 amide bonds. The average Bonchev–Trinajstić information content (AvgIpc) is 2.67. The quantitative estimate of drug-likeness (QED) is 0.767. The van der Waals surface area contributed by atoms with Gasteiger partial charge in [-0.15, -0.1) is 0 Å². The number of nitrogen functional groups attached to an aromatic ring is 1. The summed E-state index contributed by atoms with van der Waals surface area (Å²) in [5.74, 6) is 0. The molecule has 2 N–H and O–H groups in total. The van der Waals surface area contributed by atoms with E-state index < -0.39 is 0 Å². The van der Waals surface area contributed by atoms with Gasteiger partial charge in [-0.2, -0.15) is 5.10 Å². The number of aromatic nitrogens is 2. The highest BCUT2D eigenvalue weighted by atomic mass is 16.5. The normalized spacial score (nSPS) is 20.9. The molecule has 1 aliphatic heterocycles. The van der Waals surface area contributed by atoms with Crippen LogP contribution < -0.4 is 5.73 Å². The summed E-state index contributed by atoms with van der Waals surface area (Å²) >= 11 is 0. The average molecular weight is 231 g/mol. The first-order valence-corrected chi connectivity index (χ1v) is 6.11. The van der Waals surface area contributed by atoms with Crippen molar-refractivity contribution in [1.29, 1.82) is 0 Å². The van der Waals surface area contributed by atoms with Crippen molar-refractivity contribution in [3.63, 3.8) is 0 Å². The summed E-state index contributed by atoms with van der Waals surface area (Å²) in [6.07, 6.45) is 3.46. The highest BCUT2D eigenvalue weighted by molar-refractivity contribution is 5.84. The van der Waals surface area contributed by atoms with Gasteiger partial charge in [-0.05, 0) is 44.4 Å². The predicted octanol–water partition coefficient (Wildman–Crippen LogP) is 2.63. The molecule has 17 heavy (non-hydrogen) atoms. The number of benzene rings is 1. The van der Waals surface area contributed by atoms with Gasteiger partial charge < -0.3 is 10.5 Å². The molecule has 1 atom stereocenters. The molecule has 1 aromatic heterocycles. The van der Waals surface area contributed by atoms with Gasteiger partial charge in [0.05, 0.1) is 11.2 Å². The molecule has 0 bridgehead atoms. The lowest BCUT2D eigenvalue weighted by atomic mass is 10.1. The second-order valence-electron chi connectivity index (χ2n) is 4.63. The standard InChI is InChI=1S/C13H17N3O/c1-9-11-6-5-10(14)8-12(11)16(15-9)13-4-2-3-7-17-13/h5-6,8,13H,2-4,7,14H2,1H3/t13-/m1/s1. The van der Waals surface area contributed by atoms with Gasteiger partial charge in [-0.1, -0.05) is 0 Å². The molecular weight excluding hydrogens is 214 g/mol. The number of nitrogens with zero attached hydrogens (tertiary/aromatic N) is 2. The van der Waals surface area contributed by atoms with Gasteiger partial charge in [0.2, 0.25) is 0 Å². The first-order valence-electron chi connectivity index (χ1n) is 6.11. The molecule has 0 spiro atoms. The van der Waals surface area contributed by atoms with Crippen LogP contribution >= 0.6 is 0 Å². The number of anilines is 1. The summed E-state index contributed by atoms with van der Waals surface area (Å²) in [7, 11) is 0. The molecule has 90 valence electrons. The zero-order valence-corrected chi connectivity index (χ0v) is 10.0. The molecule has 1 aromatic carbocycles. The number of hydrogen-bond donors (Lipinski definition) is 1. The van der Waals surface area contributed by atoms with Crippen LogP contribution in [0.4, 0.5) is 5.69 Å². The molecule has 1 saturated heterocycles.